The second-order valence-electron chi connectivity index (χ2n) is 6.82. The first kappa shape index (κ1) is 18.4. The summed E-state index contributed by atoms with van der Waals surface area (Å²) in [7, 11) is 0. The quantitative estimate of drug-likeness (QED) is 0.811. The number of aryl methyl sites for hydroxylation is 1. The van der Waals surface area contributed by atoms with Gasteiger partial charge in [0.05, 0.1) is 18.7 Å². The molecule has 2 aliphatic heterocycles. The second-order valence-corrected chi connectivity index (χ2v) is 8.05. The summed E-state index contributed by atoms with van der Waals surface area (Å²) in [6.45, 7) is 10.5. The predicted molar refractivity (Wildman–Crippen MR) is 99.4 cm³/mol. The largest absolute Gasteiger partial charge is 0.462 e. The van der Waals surface area contributed by atoms with Crippen LogP contribution in [0.1, 0.15) is 40.6 Å². The molecule has 3 rings (SSSR count). The lowest BCUT2D eigenvalue weighted by molar-refractivity contribution is -0.117. The van der Waals surface area contributed by atoms with Gasteiger partial charge in [0.1, 0.15) is 5.00 Å². The number of anilines is 1. The Morgan fingerprint density at radius 2 is 2.08 bits per heavy atom. The Kier molecular flexibility index (Phi) is 5.76. The first-order valence-electron chi connectivity index (χ1n) is 9.03. The summed E-state index contributed by atoms with van der Waals surface area (Å²) in [6, 6.07) is 0.600. The first-order valence-corrected chi connectivity index (χ1v) is 9.84. The summed E-state index contributed by atoms with van der Waals surface area (Å²) < 4.78 is 5.14. The second kappa shape index (κ2) is 7.85. The monoisotopic (exact) mass is 365 g/mol. The SMILES string of the molecule is CCOC(=O)c1c(NC(=O)CN2CCN3CCCC3C2)sc(C)c1C. The van der Waals surface area contributed by atoms with Gasteiger partial charge in [-0.3, -0.25) is 14.6 Å². The number of hydrogen-bond donors (Lipinski definition) is 1. The molecule has 1 atom stereocenters. The number of carbonyl (C=O) groups is 2. The Balaban J connectivity index is 1.63. The van der Waals surface area contributed by atoms with E-state index in [-0.39, 0.29) is 11.9 Å². The van der Waals surface area contributed by atoms with Gasteiger partial charge in [-0.1, -0.05) is 0 Å². The number of amides is 1. The highest BCUT2D eigenvalue weighted by Gasteiger charge is 2.31. The highest BCUT2D eigenvalue weighted by molar-refractivity contribution is 7.16. The lowest BCUT2D eigenvalue weighted by Crippen LogP contribution is -2.51. The Hall–Kier alpha value is -1.44. The lowest BCUT2D eigenvalue weighted by atomic mass is 10.1. The van der Waals surface area contributed by atoms with E-state index >= 15 is 0 Å². The van der Waals surface area contributed by atoms with Crippen LogP contribution in [0.25, 0.3) is 0 Å². The van der Waals surface area contributed by atoms with Gasteiger partial charge < -0.3 is 10.1 Å². The lowest BCUT2D eigenvalue weighted by Gasteiger charge is -2.37. The minimum Gasteiger partial charge on any atom is -0.462 e. The summed E-state index contributed by atoms with van der Waals surface area (Å²) in [5, 5.41) is 3.55. The molecule has 1 N–H and O–H groups in total. The van der Waals surface area contributed by atoms with Crippen molar-refractivity contribution in [2.75, 3.05) is 44.6 Å². The summed E-state index contributed by atoms with van der Waals surface area (Å²) in [5.41, 5.74) is 1.39. The maximum Gasteiger partial charge on any atom is 0.341 e. The number of fused-ring (bicyclic) bond motifs is 1. The number of ether oxygens (including phenoxy) is 1. The number of esters is 1. The smallest absolute Gasteiger partial charge is 0.341 e. The number of hydrogen-bond acceptors (Lipinski definition) is 6. The molecule has 7 heteroatoms. The van der Waals surface area contributed by atoms with E-state index in [2.05, 4.69) is 15.1 Å². The number of piperazine rings is 1. The molecule has 0 aliphatic carbocycles. The molecule has 3 heterocycles. The molecule has 1 aromatic heterocycles. The average molecular weight is 365 g/mol. The topological polar surface area (TPSA) is 61.9 Å². The van der Waals surface area contributed by atoms with Crippen molar-refractivity contribution in [1.29, 1.82) is 0 Å². The van der Waals surface area contributed by atoms with Crippen molar-refractivity contribution in [3.05, 3.63) is 16.0 Å². The molecule has 2 aliphatic rings. The van der Waals surface area contributed by atoms with Gasteiger partial charge in [-0.25, -0.2) is 4.79 Å². The Morgan fingerprint density at radius 3 is 2.84 bits per heavy atom. The van der Waals surface area contributed by atoms with Gasteiger partial charge in [0.2, 0.25) is 5.91 Å². The number of nitrogens with zero attached hydrogens (tertiary/aromatic N) is 2. The molecule has 2 saturated heterocycles. The highest BCUT2D eigenvalue weighted by atomic mass is 32.1. The van der Waals surface area contributed by atoms with Gasteiger partial charge >= 0.3 is 5.97 Å². The van der Waals surface area contributed by atoms with Gasteiger partial charge in [0.25, 0.3) is 0 Å². The number of nitrogens with one attached hydrogen (secondary N) is 1. The standard InChI is InChI=1S/C18H27N3O3S/c1-4-24-18(23)16-12(2)13(3)25-17(16)19-15(22)11-20-8-9-21-7-5-6-14(21)10-20/h14H,4-11H2,1-3H3,(H,19,22). The average Bonchev–Trinajstić information content (AvgIpc) is 3.12. The molecule has 1 aromatic rings. The molecule has 0 spiro atoms. The van der Waals surface area contributed by atoms with E-state index in [0.29, 0.717) is 29.8 Å². The summed E-state index contributed by atoms with van der Waals surface area (Å²) in [5.74, 6) is -0.419. The van der Waals surface area contributed by atoms with Crippen molar-refractivity contribution in [2.45, 2.75) is 39.7 Å². The molecule has 0 saturated carbocycles. The van der Waals surface area contributed by atoms with E-state index < -0.39 is 0 Å². The zero-order chi connectivity index (χ0) is 18.0. The van der Waals surface area contributed by atoms with E-state index in [9.17, 15) is 9.59 Å². The molecule has 1 amide bonds. The molecule has 2 fully saturated rings. The zero-order valence-electron chi connectivity index (χ0n) is 15.3. The van der Waals surface area contributed by atoms with Crippen LogP contribution in [0, 0.1) is 13.8 Å². The Bertz CT molecular complexity index is 658. The molecule has 0 bridgehead atoms. The van der Waals surface area contributed by atoms with Gasteiger partial charge in [-0.05, 0) is 45.7 Å². The molecule has 1 unspecified atom stereocenters. The fraction of sp³-hybridized carbons (Fsp3) is 0.667. The third-order valence-electron chi connectivity index (χ3n) is 5.16. The minimum atomic E-state index is -0.362. The minimum absolute atomic E-state index is 0.0572. The number of thiophene rings is 1. The normalized spacial score (nSPS) is 21.2. The third kappa shape index (κ3) is 4.04. The van der Waals surface area contributed by atoms with Crippen LogP contribution in [0.3, 0.4) is 0 Å². The van der Waals surface area contributed by atoms with Crippen molar-refractivity contribution in [3.63, 3.8) is 0 Å². The maximum atomic E-state index is 12.5. The van der Waals surface area contributed by atoms with Crippen LogP contribution in [0.2, 0.25) is 0 Å². The Labute approximate surface area is 153 Å². The van der Waals surface area contributed by atoms with Crippen LogP contribution in [0.4, 0.5) is 5.00 Å². The van der Waals surface area contributed by atoms with E-state index in [4.69, 9.17) is 4.74 Å². The van der Waals surface area contributed by atoms with Crippen LogP contribution in [0.5, 0.6) is 0 Å². The van der Waals surface area contributed by atoms with Crippen LogP contribution in [-0.4, -0.2) is 67.0 Å². The predicted octanol–water partition coefficient (Wildman–Crippen LogP) is 2.26. The summed E-state index contributed by atoms with van der Waals surface area (Å²) in [6.07, 6.45) is 2.50. The molecular formula is C18H27N3O3S. The summed E-state index contributed by atoms with van der Waals surface area (Å²) in [4.78, 5) is 30.5. The van der Waals surface area contributed by atoms with E-state index in [1.165, 1.54) is 30.7 Å². The molecule has 6 nitrogen and oxygen atoms in total. The van der Waals surface area contributed by atoms with E-state index in [1.54, 1.807) is 6.92 Å². The fourth-order valence-electron chi connectivity index (χ4n) is 3.73. The fourth-order valence-corrected chi connectivity index (χ4v) is 4.80. The van der Waals surface area contributed by atoms with Gasteiger partial charge in [-0.2, -0.15) is 0 Å². The zero-order valence-corrected chi connectivity index (χ0v) is 16.1. The molecule has 0 aromatic carbocycles. The molecule has 138 valence electrons. The molecular weight excluding hydrogens is 338 g/mol. The van der Waals surface area contributed by atoms with Crippen molar-refractivity contribution in [1.82, 2.24) is 9.80 Å². The molecule has 0 radical (unpaired) electrons. The van der Waals surface area contributed by atoms with Crippen molar-refractivity contribution >= 4 is 28.2 Å². The highest BCUT2D eigenvalue weighted by Crippen LogP contribution is 2.33. The Morgan fingerprint density at radius 1 is 1.28 bits per heavy atom. The van der Waals surface area contributed by atoms with E-state index in [0.717, 1.165) is 30.1 Å². The number of rotatable bonds is 5. The summed E-state index contributed by atoms with van der Waals surface area (Å²) >= 11 is 1.44. The van der Waals surface area contributed by atoms with Crippen LogP contribution >= 0.6 is 11.3 Å². The van der Waals surface area contributed by atoms with Gasteiger partial charge in [-0.15, -0.1) is 11.3 Å². The maximum absolute atomic E-state index is 12.5. The van der Waals surface area contributed by atoms with Gasteiger partial charge in [0.15, 0.2) is 0 Å². The molecule has 25 heavy (non-hydrogen) atoms. The van der Waals surface area contributed by atoms with E-state index in [1.807, 2.05) is 13.8 Å². The van der Waals surface area contributed by atoms with Crippen LogP contribution < -0.4 is 5.32 Å². The van der Waals surface area contributed by atoms with Crippen LogP contribution in [-0.2, 0) is 9.53 Å². The number of carbonyl (C=O) groups excluding carboxylic acids is 2. The van der Waals surface area contributed by atoms with Crippen molar-refractivity contribution in [2.24, 2.45) is 0 Å². The van der Waals surface area contributed by atoms with Crippen molar-refractivity contribution in [3.8, 4) is 0 Å². The first-order chi connectivity index (χ1) is 12.0. The van der Waals surface area contributed by atoms with Crippen LogP contribution in [0.15, 0.2) is 0 Å². The van der Waals surface area contributed by atoms with Gasteiger partial charge in [0, 0.05) is 30.6 Å². The third-order valence-corrected chi connectivity index (χ3v) is 6.28. The van der Waals surface area contributed by atoms with Crippen molar-refractivity contribution < 1.29 is 14.3 Å².